The molecule has 3 amide bonds. The van der Waals surface area contributed by atoms with Gasteiger partial charge in [-0.15, -0.1) is 11.3 Å². The van der Waals surface area contributed by atoms with Gasteiger partial charge in [0, 0.05) is 15.9 Å². The lowest BCUT2D eigenvalue weighted by Crippen LogP contribution is -2.46. The van der Waals surface area contributed by atoms with E-state index in [4.69, 9.17) is 14.2 Å². The zero-order valence-corrected chi connectivity index (χ0v) is 25.6. The first-order chi connectivity index (χ1) is 20.3. The highest BCUT2D eigenvalue weighted by atomic mass is 79.9. The van der Waals surface area contributed by atoms with Crippen molar-refractivity contribution in [1.29, 1.82) is 0 Å². The maximum atomic E-state index is 13.3. The predicted molar refractivity (Wildman–Crippen MR) is 162 cm³/mol. The average molecular weight is 661 g/mol. The summed E-state index contributed by atoms with van der Waals surface area (Å²) in [5.74, 6) is -0.00825. The highest BCUT2D eigenvalue weighted by Gasteiger charge is 2.24. The Morgan fingerprint density at radius 2 is 1.86 bits per heavy atom. The van der Waals surface area contributed by atoms with Gasteiger partial charge >= 0.3 is 18.1 Å². The fourth-order valence-corrected chi connectivity index (χ4v) is 5.42. The van der Waals surface area contributed by atoms with E-state index in [1.54, 1.807) is 34.4 Å². The third kappa shape index (κ3) is 9.38. The zero-order valence-electron chi connectivity index (χ0n) is 23.2. The molecule has 3 N–H and O–H groups in total. The van der Waals surface area contributed by atoms with Crippen molar-refractivity contribution in [2.45, 2.75) is 57.8 Å². The molecular formula is C30H34BrN3O7S. The molecule has 2 atom stereocenters. The topological polar surface area (TPSA) is 126 Å². The summed E-state index contributed by atoms with van der Waals surface area (Å²) in [5.41, 5.74) is 1.53. The SMILES string of the molecule is CCCCC(COC(=O)N(Cc1ccc(Br)cc1)Cc1cccs1)NC(=O)NC(CC(=O)O)c1ccc2c(c1)OCO2. The van der Waals surface area contributed by atoms with E-state index in [2.05, 4.69) is 26.6 Å². The Morgan fingerprint density at radius 1 is 1.07 bits per heavy atom. The molecule has 0 aliphatic carbocycles. The third-order valence-corrected chi connectivity index (χ3v) is 7.99. The van der Waals surface area contributed by atoms with Gasteiger partial charge in [-0.1, -0.05) is 60.0 Å². The normalized spacial score (nSPS) is 13.2. The molecule has 1 aliphatic heterocycles. The number of halogens is 1. The fraction of sp³-hybridized carbons (Fsp3) is 0.367. The predicted octanol–water partition coefficient (Wildman–Crippen LogP) is 6.45. The van der Waals surface area contributed by atoms with E-state index in [0.29, 0.717) is 36.6 Å². The van der Waals surface area contributed by atoms with Crippen molar-refractivity contribution in [2.24, 2.45) is 0 Å². The Bertz CT molecular complexity index is 1340. The molecule has 0 bridgehead atoms. The molecule has 1 aliphatic rings. The summed E-state index contributed by atoms with van der Waals surface area (Å²) in [6.07, 6.45) is 1.47. The minimum atomic E-state index is -1.06. The summed E-state index contributed by atoms with van der Waals surface area (Å²) in [7, 11) is 0. The minimum Gasteiger partial charge on any atom is -0.481 e. The first-order valence-corrected chi connectivity index (χ1v) is 15.3. The van der Waals surface area contributed by atoms with Crippen molar-refractivity contribution in [3.63, 3.8) is 0 Å². The molecule has 2 heterocycles. The third-order valence-electron chi connectivity index (χ3n) is 6.60. The van der Waals surface area contributed by atoms with E-state index in [-0.39, 0.29) is 19.8 Å². The molecule has 0 fully saturated rings. The second-order valence-electron chi connectivity index (χ2n) is 9.86. The lowest BCUT2D eigenvalue weighted by Gasteiger charge is -2.25. The largest absolute Gasteiger partial charge is 0.481 e. The van der Waals surface area contributed by atoms with Crippen LogP contribution in [0.2, 0.25) is 0 Å². The molecule has 224 valence electrons. The van der Waals surface area contributed by atoms with Gasteiger partial charge in [-0.05, 0) is 53.3 Å². The second kappa shape index (κ2) is 15.5. The maximum Gasteiger partial charge on any atom is 0.410 e. The highest BCUT2D eigenvalue weighted by molar-refractivity contribution is 9.10. The van der Waals surface area contributed by atoms with Crippen molar-refractivity contribution >= 4 is 45.4 Å². The highest BCUT2D eigenvalue weighted by Crippen LogP contribution is 2.34. The van der Waals surface area contributed by atoms with Gasteiger partial charge in [-0.25, -0.2) is 9.59 Å². The number of hydrogen-bond acceptors (Lipinski definition) is 7. The monoisotopic (exact) mass is 659 g/mol. The van der Waals surface area contributed by atoms with Gasteiger partial charge in [-0.2, -0.15) is 0 Å². The van der Waals surface area contributed by atoms with Crippen LogP contribution in [0.25, 0.3) is 0 Å². The molecule has 12 heteroatoms. The number of unbranched alkanes of at least 4 members (excludes halogenated alkanes) is 1. The summed E-state index contributed by atoms with van der Waals surface area (Å²) in [4.78, 5) is 40.5. The number of hydrogen-bond donors (Lipinski definition) is 3. The van der Waals surface area contributed by atoms with Crippen molar-refractivity contribution in [3.05, 3.63) is 80.5 Å². The molecule has 42 heavy (non-hydrogen) atoms. The van der Waals surface area contributed by atoms with Crippen LogP contribution in [0.1, 0.15) is 54.7 Å². The summed E-state index contributed by atoms with van der Waals surface area (Å²) >= 11 is 5.00. The van der Waals surface area contributed by atoms with Crippen LogP contribution in [-0.2, 0) is 22.6 Å². The smallest absolute Gasteiger partial charge is 0.410 e. The van der Waals surface area contributed by atoms with Crippen molar-refractivity contribution in [1.82, 2.24) is 15.5 Å². The molecule has 2 aromatic carbocycles. The molecular weight excluding hydrogens is 626 g/mol. The second-order valence-corrected chi connectivity index (χ2v) is 11.8. The Kier molecular flexibility index (Phi) is 11.5. The van der Waals surface area contributed by atoms with Crippen LogP contribution in [0.15, 0.2) is 64.5 Å². The molecule has 10 nitrogen and oxygen atoms in total. The Labute approximate surface area is 257 Å². The number of nitrogens with zero attached hydrogens (tertiary/aromatic N) is 1. The lowest BCUT2D eigenvalue weighted by molar-refractivity contribution is -0.137. The maximum absolute atomic E-state index is 13.3. The van der Waals surface area contributed by atoms with E-state index >= 15 is 0 Å². The lowest BCUT2D eigenvalue weighted by atomic mass is 10.0. The fourth-order valence-electron chi connectivity index (χ4n) is 4.44. The Morgan fingerprint density at radius 3 is 2.57 bits per heavy atom. The summed E-state index contributed by atoms with van der Waals surface area (Å²) in [5, 5.41) is 17.1. The summed E-state index contributed by atoms with van der Waals surface area (Å²) < 4.78 is 17.4. The van der Waals surface area contributed by atoms with Gasteiger partial charge < -0.3 is 30.0 Å². The number of carboxylic acids is 1. The number of carbonyl (C=O) groups excluding carboxylic acids is 2. The number of nitrogens with one attached hydrogen (secondary N) is 2. The number of carbonyl (C=O) groups is 3. The van der Waals surface area contributed by atoms with Gasteiger partial charge in [0.2, 0.25) is 6.79 Å². The molecule has 1 aromatic heterocycles. The molecule has 0 spiro atoms. The van der Waals surface area contributed by atoms with Crippen LogP contribution in [0.4, 0.5) is 9.59 Å². The summed E-state index contributed by atoms with van der Waals surface area (Å²) in [6.45, 7) is 2.85. The molecule has 3 aromatic rings. The molecule has 0 saturated heterocycles. The molecule has 0 radical (unpaired) electrons. The van der Waals surface area contributed by atoms with E-state index in [1.807, 2.05) is 48.7 Å². The van der Waals surface area contributed by atoms with Crippen molar-refractivity contribution in [3.8, 4) is 11.5 Å². The molecule has 4 rings (SSSR count). The zero-order chi connectivity index (χ0) is 29.9. The van der Waals surface area contributed by atoms with Crippen LogP contribution in [-0.4, -0.2) is 47.5 Å². The number of fused-ring (bicyclic) bond motifs is 1. The van der Waals surface area contributed by atoms with Crippen molar-refractivity contribution in [2.75, 3.05) is 13.4 Å². The number of rotatable bonds is 14. The van der Waals surface area contributed by atoms with Crippen LogP contribution in [0, 0.1) is 0 Å². The number of benzene rings is 2. The van der Waals surface area contributed by atoms with Gasteiger partial charge in [0.05, 0.1) is 25.0 Å². The van der Waals surface area contributed by atoms with Crippen LogP contribution in [0.3, 0.4) is 0 Å². The van der Waals surface area contributed by atoms with Gasteiger partial charge in [0.15, 0.2) is 11.5 Å². The van der Waals surface area contributed by atoms with Crippen LogP contribution < -0.4 is 20.1 Å². The van der Waals surface area contributed by atoms with E-state index < -0.39 is 30.2 Å². The quantitative estimate of drug-likeness (QED) is 0.181. The molecule has 2 unspecified atom stereocenters. The number of carboxylic acid groups (broad SMARTS) is 1. The molecule has 0 saturated carbocycles. The van der Waals surface area contributed by atoms with E-state index in [0.717, 1.165) is 27.8 Å². The first kappa shape index (κ1) is 31.2. The average Bonchev–Trinajstić information content (AvgIpc) is 3.66. The van der Waals surface area contributed by atoms with Crippen LogP contribution in [0.5, 0.6) is 11.5 Å². The summed E-state index contributed by atoms with van der Waals surface area (Å²) in [6, 6.07) is 14.9. The first-order valence-electron chi connectivity index (χ1n) is 13.7. The minimum absolute atomic E-state index is 0.0266. The number of aliphatic carboxylic acids is 1. The number of urea groups is 1. The number of amides is 3. The van der Waals surface area contributed by atoms with Crippen molar-refractivity contribution < 1.29 is 33.7 Å². The Hall–Kier alpha value is -3.77. The van der Waals surface area contributed by atoms with Gasteiger partial charge in [-0.3, -0.25) is 9.69 Å². The standard InChI is InChI=1S/C30H34BrN3O7S/c1-2-3-5-23(32-29(37)33-25(15-28(35)36)21-9-12-26-27(14-21)41-19-40-26)18-39-30(38)34(17-24-6-4-13-42-24)16-20-7-10-22(31)11-8-20/h4,6-14,23,25H,2-3,5,15-19H2,1H3,(H,35,36)(H2,32,33,37). The van der Waals surface area contributed by atoms with Crippen LogP contribution >= 0.6 is 27.3 Å². The van der Waals surface area contributed by atoms with Gasteiger partial charge in [0.1, 0.15) is 6.61 Å². The van der Waals surface area contributed by atoms with E-state index in [9.17, 15) is 19.5 Å². The number of ether oxygens (including phenoxy) is 3. The number of thiophene rings is 1. The van der Waals surface area contributed by atoms with Gasteiger partial charge in [0.25, 0.3) is 0 Å². The van der Waals surface area contributed by atoms with E-state index in [1.165, 1.54) is 0 Å². The Balaban J connectivity index is 1.39.